The molecule has 1 atom stereocenters. The number of nitrogens with two attached hydrogens (primary N) is 1. The summed E-state index contributed by atoms with van der Waals surface area (Å²) in [5, 5.41) is 19.8. The molecule has 0 fully saturated rings. The van der Waals surface area contributed by atoms with Crippen LogP contribution in [0.3, 0.4) is 0 Å². The Morgan fingerprint density at radius 3 is 2.85 bits per heavy atom. The van der Waals surface area contributed by atoms with Crippen LogP contribution in [0.25, 0.3) is 0 Å². The van der Waals surface area contributed by atoms with E-state index in [1.807, 2.05) is 0 Å². The van der Waals surface area contributed by atoms with Gasteiger partial charge in [-0.3, -0.25) is 10.1 Å². The molecule has 0 saturated carbocycles. The highest BCUT2D eigenvalue weighted by Gasteiger charge is 2.14. The summed E-state index contributed by atoms with van der Waals surface area (Å²) in [6.07, 6.45) is -0.249. The molecule has 3 N–H and O–H groups in total. The van der Waals surface area contributed by atoms with Gasteiger partial charge in [-0.15, -0.1) is 0 Å². The minimum Gasteiger partial charge on any atom is -0.388 e. The van der Waals surface area contributed by atoms with Gasteiger partial charge in [0.1, 0.15) is 0 Å². The molecule has 1 aromatic heterocycles. The van der Waals surface area contributed by atoms with Gasteiger partial charge in [-0.1, -0.05) is 11.3 Å². The lowest BCUT2D eigenvalue weighted by Gasteiger charge is -2.03. The molecule has 72 valence electrons. The van der Waals surface area contributed by atoms with E-state index in [0.717, 1.165) is 11.3 Å². The Morgan fingerprint density at radius 2 is 2.38 bits per heavy atom. The van der Waals surface area contributed by atoms with Crippen LogP contribution in [0.15, 0.2) is 12.1 Å². The fourth-order valence-electron chi connectivity index (χ4n) is 0.920. The average molecular weight is 202 g/mol. The van der Waals surface area contributed by atoms with E-state index < -0.39 is 11.0 Å². The van der Waals surface area contributed by atoms with Crippen LogP contribution in [0.1, 0.15) is 17.4 Å². The minimum absolute atomic E-state index is 0.0473. The Labute approximate surface area is 79.0 Å². The van der Waals surface area contributed by atoms with E-state index in [1.54, 1.807) is 6.07 Å². The largest absolute Gasteiger partial charge is 0.388 e. The zero-order chi connectivity index (χ0) is 9.84. The Bertz CT molecular complexity index is 300. The first-order valence-corrected chi connectivity index (χ1v) is 4.59. The van der Waals surface area contributed by atoms with Gasteiger partial charge in [-0.2, -0.15) is 0 Å². The molecule has 0 aliphatic carbocycles. The molecule has 0 aliphatic rings. The van der Waals surface area contributed by atoms with Crippen molar-refractivity contribution >= 4 is 16.3 Å². The SMILES string of the molecule is NCC[C@@H](O)c1ccc([N+](=O)[O-])s1. The van der Waals surface area contributed by atoms with Gasteiger partial charge in [0.05, 0.1) is 11.0 Å². The second kappa shape index (κ2) is 4.31. The number of rotatable bonds is 4. The van der Waals surface area contributed by atoms with Crippen LogP contribution in [0.5, 0.6) is 0 Å². The average Bonchev–Trinajstić information content (AvgIpc) is 2.52. The lowest BCUT2D eigenvalue weighted by molar-refractivity contribution is -0.380. The van der Waals surface area contributed by atoms with Crippen molar-refractivity contribution in [3.8, 4) is 0 Å². The topological polar surface area (TPSA) is 89.4 Å². The number of nitro groups is 1. The van der Waals surface area contributed by atoms with E-state index in [0.29, 0.717) is 17.8 Å². The maximum atomic E-state index is 10.3. The molecular formula is C7H10N2O3S. The van der Waals surface area contributed by atoms with Crippen LogP contribution in [0.2, 0.25) is 0 Å². The van der Waals surface area contributed by atoms with E-state index in [2.05, 4.69) is 0 Å². The highest BCUT2D eigenvalue weighted by molar-refractivity contribution is 7.15. The van der Waals surface area contributed by atoms with Crippen molar-refractivity contribution in [3.05, 3.63) is 27.1 Å². The molecule has 0 unspecified atom stereocenters. The van der Waals surface area contributed by atoms with Crippen molar-refractivity contribution in [1.82, 2.24) is 0 Å². The number of nitrogens with zero attached hydrogens (tertiary/aromatic N) is 1. The van der Waals surface area contributed by atoms with Gasteiger partial charge in [0, 0.05) is 10.9 Å². The van der Waals surface area contributed by atoms with Crippen LogP contribution in [0.4, 0.5) is 5.00 Å². The number of thiophene rings is 1. The Hall–Kier alpha value is -0.980. The predicted octanol–water partition coefficient (Wildman–Crippen LogP) is 1.04. The van der Waals surface area contributed by atoms with Crippen molar-refractivity contribution in [2.24, 2.45) is 5.73 Å². The molecule has 0 aliphatic heterocycles. The second-order valence-corrected chi connectivity index (χ2v) is 3.62. The summed E-state index contributed by atoms with van der Waals surface area (Å²) in [6, 6.07) is 2.95. The molecule has 0 aromatic carbocycles. The molecule has 0 spiro atoms. The number of hydrogen-bond donors (Lipinski definition) is 2. The summed E-state index contributed by atoms with van der Waals surface area (Å²) in [6.45, 7) is 0.368. The lowest BCUT2D eigenvalue weighted by atomic mass is 10.2. The summed E-state index contributed by atoms with van der Waals surface area (Å²) < 4.78 is 0. The first kappa shape index (κ1) is 10.1. The number of hydrogen-bond acceptors (Lipinski definition) is 5. The van der Waals surface area contributed by atoms with Crippen LogP contribution in [-0.4, -0.2) is 16.6 Å². The van der Waals surface area contributed by atoms with Gasteiger partial charge >= 0.3 is 5.00 Å². The summed E-state index contributed by atoms with van der Waals surface area (Å²) >= 11 is 0.984. The predicted molar refractivity (Wildman–Crippen MR) is 49.6 cm³/mol. The standard InChI is InChI=1S/C7H10N2O3S/c8-4-3-5(10)6-1-2-7(13-6)9(11)12/h1-2,5,10H,3-4,8H2/t5-/m1/s1. The molecule has 13 heavy (non-hydrogen) atoms. The van der Waals surface area contributed by atoms with Crippen molar-refractivity contribution in [2.75, 3.05) is 6.54 Å². The fraction of sp³-hybridized carbons (Fsp3) is 0.429. The molecule has 0 amide bonds. The van der Waals surface area contributed by atoms with Gasteiger partial charge in [0.25, 0.3) is 0 Å². The van der Waals surface area contributed by atoms with Crippen LogP contribution in [-0.2, 0) is 0 Å². The molecule has 5 nitrogen and oxygen atoms in total. The maximum Gasteiger partial charge on any atom is 0.324 e. The monoisotopic (exact) mass is 202 g/mol. The van der Waals surface area contributed by atoms with Crippen LogP contribution < -0.4 is 5.73 Å². The third kappa shape index (κ3) is 2.48. The summed E-state index contributed by atoms with van der Waals surface area (Å²) in [7, 11) is 0. The van der Waals surface area contributed by atoms with E-state index in [1.165, 1.54) is 6.07 Å². The van der Waals surface area contributed by atoms with Gasteiger partial charge < -0.3 is 10.8 Å². The number of aliphatic hydroxyl groups is 1. The first-order chi connectivity index (χ1) is 6.15. The molecule has 0 radical (unpaired) electrons. The third-order valence-corrected chi connectivity index (χ3v) is 2.70. The smallest absolute Gasteiger partial charge is 0.324 e. The van der Waals surface area contributed by atoms with Crippen molar-refractivity contribution in [1.29, 1.82) is 0 Å². The molecule has 0 bridgehead atoms. The van der Waals surface area contributed by atoms with Crippen molar-refractivity contribution in [2.45, 2.75) is 12.5 Å². The number of aliphatic hydroxyl groups excluding tert-OH is 1. The zero-order valence-corrected chi connectivity index (χ0v) is 7.66. The summed E-state index contributed by atoms with van der Waals surface area (Å²) in [5.74, 6) is 0. The van der Waals surface area contributed by atoms with Crippen molar-refractivity contribution < 1.29 is 10.0 Å². The quantitative estimate of drug-likeness (QED) is 0.563. The summed E-state index contributed by atoms with van der Waals surface area (Å²) in [5.41, 5.74) is 5.24. The molecule has 0 saturated heterocycles. The Kier molecular flexibility index (Phi) is 3.35. The fourth-order valence-corrected chi connectivity index (χ4v) is 1.76. The zero-order valence-electron chi connectivity index (χ0n) is 6.84. The van der Waals surface area contributed by atoms with Gasteiger partial charge in [0.15, 0.2) is 0 Å². The molecule has 1 rings (SSSR count). The first-order valence-electron chi connectivity index (χ1n) is 3.77. The Balaban J connectivity index is 2.73. The normalized spacial score (nSPS) is 12.8. The Morgan fingerprint density at radius 1 is 1.69 bits per heavy atom. The van der Waals surface area contributed by atoms with E-state index in [9.17, 15) is 15.2 Å². The molecular weight excluding hydrogens is 192 g/mol. The van der Waals surface area contributed by atoms with Gasteiger partial charge in [-0.05, 0) is 19.0 Å². The maximum absolute atomic E-state index is 10.3. The van der Waals surface area contributed by atoms with Crippen LogP contribution >= 0.6 is 11.3 Å². The van der Waals surface area contributed by atoms with Gasteiger partial charge in [-0.25, -0.2) is 0 Å². The van der Waals surface area contributed by atoms with E-state index in [-0.39, 0.29) is 5.00 Å². The second-order valence-electron chi connectivity index (χ2n) is 2.53. The van der Waals surface area contributed by atoms with E-state index in [4.69, 9.17) is 5.73 Å². The lowest BCUT2D eigenvalue weighted by Crippen LogP contribution is -2.05. The molecule has 1 aromatic rings. The molecule has 1 heterocycles. The molecule has 6 heteroatoms. The van der Waals surface area contributed by atoms with E-state index >= 15 is 0 Å². The van der Waals surface area contributed by atoms with Crippen LogP contribution in [0, 0.1) is 10.1 Å². The highest BCUT2D eigenvalue weighted by atomic mass is 32.1. The highest BCUT2D eigenvalue weighted by Crippen LogP contribution is 2.29. The third-order valence-electron chi connectivity index (χ3n) is 1.56. The van der Waals surface area contributed by atoms with Crippen molar-refractivity contribution in [3.63, 3.8) is 0 Å². The van der Waals surface area contributed by atoms with Gasteiger partial charge in [0.2, 0.25) is 0 Å². The summed E-state index contributed by atoms with van der Waals surface area (Å²) in [4.78, 5) is 10.4. The minimum atomic E-state index is -0.677.